The Labute approximate surface area is 200 Å². The fourth-order valence-electron chi connectivity index (χ4n) is 5.09. The van der Waals surface area contributed by atoms with Gasteiger partial charge in [-0.1, -0.05) is 30.3 Å². The van der Waals surface area contributed by atoms with Crippen molar-refractivity contribution in [3.05, 3.63) is 59.9 Å². The molecule has 0 radical (unpaired) electrons. The van der Waals surface area contributed by atoms with Crippen molar-refractivity contribution in [2.24, 2.45) is 5.92 Å². The molecule has 3 fully saturated rings. The Hall–Kier alpha value is -3.16. The van der Waals surface area contributed by atoms with Gasteiger partial charge in [0.1, 0.15) is 5.58 Å². The normalized spacial score (nSPS) is 21.7. The van der Waals surface area contributed by atoms with Crippen LogP contribution in [-0.4, -0.2) is 74.5 Å². The zero-order valence-electron chi connectivity index (χ0n) is 19.8. The minimum Gasteiger partial charge on any atom is -0.450 e. The molecule has 1 unspecified atom stereocenters. The highest BCUT2D eigenvalue weighted by Gasteiger charge is 2.35. The largest absolute Gasteiger partial charge is 0.450 e. The van der Waals surface area contributed by atoms with E-state index in [0.717, 1.165) is 55.5 Å². The molecule has 7 heteroatoms. The highest BCUT2D eigenvalue weighted by atomic mass is 16.3. The minimum absolute atomic E-state index is 0.104. The molecule has 3 saturated heterocycles. The standard InChI is InChI=1S/C27H32N4O3/c1-30(2)14-11-28-26(32)21-7-3-5-19(15-21)22-8-4-6-20-16-24(34-25(20)22)27(33)29-23-17-31-12-9-18(23)10-13-31/h3-8,15-16,18,23H,9-14,17H2,1-2H3,(H,28,32)(H,29,33). The van der Waals surface area contributed by atoms with E-state index in [0.29, 0.717) is 29.4 Å². The maximum absolute atomic E-state index is 13.0. The number of nitrogens with one attached hydrogen (secondary N) is 2. The molecule has 2 N–H and O–H groups in total. The number of furan rings is 1. The fraction of sp³-hybridized carbons (Fsp3) is 0.407. The van der Waals surface area contributed by atoms with E-state index in [-0.39, 0.29) is 17.9 Å². The van der Waals surface area contributed by atoms with E-state index in [4.69, 9.17) is 4.42 Å². The topological polar surface area (TPSA) is 77.8 Å². The first kappa shape index (κ1) is 22.6. The summed E-state index contributed by atoms with van der Waals surface area (Å²) in [6, 6.07) is 15.4. The Kier molecular flexibility index (Phi) is 6.39. The number of hydrogen-bond donors (Lipinski definition) is 2. The lowest BCUT2D eigenvalue weighted by atomic mass is 9.84. The summed E-state index contributed by atoms with van der Waals surface area (Å²) in [7, 11) is 3.95. The molecule has 178 valence electrons. The predicted octanol–water partition coefficient (Wildman–Crippen LogP) is 3.22. The van der Waals surface area contributed by atoms with Crippen LogP contribution in [0.3, 0.4) is 0 Å². The van der Waals surface area contributed by atoms with Gasteiger partial charge in [-0.05, 0) is 69.7 Å². The number of benzene rings is 2. The number of rotatable bonds is 7. The number of para-hydroxylation sites is 1. The second kappa shape index (κ2) is 9.60. The van der Waals surface area contributed by atoms with Crippen molar-refractivity contribution >= 4 is 22.8 Å². The first-order valence-electron chi connectivity index (χ1n) is 12.1. The summed E-state index contributed by atoms with van der Waals surface area (Å²) in [6.45, 7) is 4.56. The molecular weight excluding hydrogens is 428 g/mol. The second-order valence-corrected chi connectivity index (χ2v) is 9.69. The minimum atomic E-state index is -0.157. The fourth-order valence-corrected chi connectivity index (χ4v) is 5.09. The maximum Gasteiger partial charge on any atom is 0.287 e. The van der Waals surface area contributed by atoms with Crippen LogP contribution in [0.25, 0.3) is 22.1 Å². The van der Waals surface area contributed by atoms with Gasteiger partial charge in [0.05, 0.1) is 0 Å². The van der Waals surface area contributed by atoms with Gasteiger partial charge in [0.25, 0.3) is 11.8 Å². The Balaban J connectivity index is 1.36. The van der Waals surface area contributed by atoms with Gasteiger partial charge in [-0.3, -0.25) is 9.59 Å². The van der Waals surface area contributed by atoms with Crippen molar-refractivity contribution in [2.75, 3.05) is 46.8 Å². The van der Waals surface area contributed by atoms with Gasteiger partial charge in [0, 0.05) is 42.2 Å². The lowest BCUT2D eigenvalue weighted by Crippen LogP contribution is -2.57. The number of fused-ring (bicyclic) bond motifs is 4. The summed E-state index contributed by atoms with van der Waals surface area (Å²) in [4.78, 5) is 30.1. The molecule has 1 aromatic heterocycles. The zero-order chi connectivity index (χ0) is 23.7. The average molecular weight is 461 g/mol. The van der Waals surface area contributed by atoms with Crippen molar-refractivity contribution in [1.82, 2.24) is 20.4 Å². The summed E-state index contributed by atoms with van der Waals surface area (Å²) < 4.78 is 6.10. The van der Waals surface area contributed by atoms with Crippen LogP contribution in [-0.2, 0) is 0 Å². The summed E-state index contributed by atoms with van der Waals surface area (Å²) >= 11 is 0. The number of carbonyl (C=O) groups excluding carboxylic acids is 2. The number of hydrogen-bond acceptors (Lipinski definition) is 5. The van der Waals surface area contributed by atoms with Crippen LogP contribution in [0.4, 0.5) is 0 Å². The Morgan fingerprint density at radius 1 is 1.06 bits per heavy atom. The van der Waals surface area contributed by atoms with Gasteiger partial charge < -0.3 is 24.9 Å². The highest BCUT2D eigenvalue weighted by Crippen LogP contribution is 2.32. The average Bonchev–Trinajstić information content (AvgIpc) is 3.29. The number of carbonyl (C=O) groups is 2. The monoisotopic (exact) mass is 460 g/mol. The van der Waals surface area contributed by atoms with E-state index < -0.39 is 0 Å². The lowest BCUT2D eigenvalue weighted by Gasteiger charge is -2.44. The number of nitrogens with zero attached hydrogens (tertiary/aromatic N) is 2. The molecule has 3 aliphatic rings. The maximum atomic E-state index is 13.0. The summed E-state index contributed by atoms with van der Waals surface area (Å²) in [5, 5.41) is 7.04. The lowest BCUT2D eigenvalue weighted by molar-refractivity contribution is 0.0607. The van der Waals surface area contributed by atoms with E-state index in [2.05, 4.69) is 15.5 Å². The van der Waals surface area contributed by atoms with Crippen molar-refractivity contribution in [3.63, 3.8) is 0 Å². The molecule has 0 aliphatic carbocycles. The molecule has 34 heavy (non-hydrogen) atoms. The van der Waals surface area contributed by atoms with E-state index in [1.807, 2.05) is 67.5 Å². The van der Waals surface area contributed by atoms with Gasteiger partial charge in [-0.25, -0.2) is 0 Å². The molecule has 3 aromatic rings. The molecule has 4 heterocycles. The van der Waals surface area contributed by atoms with Crippen molar-refractivity contribution in [2.45, 2.75) is 18.9 Å². The van der Waals surface area contributed by atoms with Crippen molar-refractivity contribution in [3.8, 4) is 11.1 Å². The first-order valence-corrected chi connectivity index (χ1v) is 12.1. The molecule has 7 nitrogen and oxygen atoms in total. The Bertz CT molecular complexity index is 1190. The number of amides is 2. The second-order valence-electron chi connectivity index (χ2n) is 9.69. The summed E-state index contributed by atoms with van der Waals surface area (Å²) in [6.07, 6.45) is 2.29. The molecular formula is C27H32N4O3. The molecule has 3 aliphatic heterocycles. The van der Waals surface area contributed by atoms with Gasteiger partial charge >= 0.3 is 0 Å². The third-order valence-corrected chi connectivity index (χ3v) is 7.02. The van der Waals surface area contributed by atoms with Crippen LogP contribution in [0.2, 0.25) is 0 Å². The van der Waals surface area contributed by atoms with Gasteiger partial charge in [0.2, 0.25) is 0 Å². The van der Waals surface area contributed by atoms with Crippen LogP contribution in [0, 0.1) is 5.92 Å². The van der Waals surface area contributed by atoms with Crippen LogP contribution >= 0.6 is 0 Å². The third kappa shape index (κ3) is 4.72. The number of likely N-dealkylation sites (N-methyl/N-ethyl adjacent to an activating group) is 1. The van der Waals surface area contributed by atoms with Crippen LogP contribution < -0.4 is 10.6 Å². The van der Waals surface area contributed by atoms with E-state index >= 15 is 0 Å². The van der Waals surface area contributed by atoms with Crippen LogP contribution in [0.5, 0.6) is 0 Å². The predicted molar refractivity (Wildman–Crippen MR) is 133 cm³/mol. The quantitative estimate of drug-likeness (QED) is 0.566. The van der Waals surface area contributed by atoms with E-state index in [1.54, 1.807) is 0 Å². The molecule has 1 atom stereocenters. The van der Waals surface area contributed by atoms with E-state index in [9.17, 15) is 9.59 Å². The van der Waals surface area contributed by atoms with Crippen LogP contribution in [0.1, 0.15) is 33.8 Å². The SMILES string of the molecule is CN(C)CCNC(=O)c1cccc(-c2cccc3cc(C(=O)NC4CN5CCC4CC5)oc23)c1. The third-order valence-electron chi connectivity index (χ3n) is 7.02. The number of piperidine rings is 3. The molecule has 0 spiro atoms. The smallest absolute Gasteiger partial charge is 0.287 e. The molecule has 0 saturated carbocycles. The zero-order valence-corrected chi connectivity index (χ0v) is 19.8. The van der Waals surface area contributed by atoms with Gasteiger partial charge in [-0.2, -0.15) is 0 Å². The van der Waals surface area contributed by atoms with Crippen molar-refractivity contribution < 1.29 is 14.0 Å². The Morgan fingerprint density at radius 2 is 1.85 bits per heavy atom. The van der Waals surface area contributed by atoms with E-state index in [1.165, 1.54) is 0 Å². The molecule has 2 amide bonds. The highest BCUT2D eigenvalue weighted by molar-refractivity contribution is 6.01. The Morgan fingerprint density at radius 3 is 2.59 bits per heavy atom. The summed E-state index contributed by atoms with van der Waals surface area (Å²) in [5.74, 6) is 0.625. The van der Waals surface area contributed by atoms with Crippen molar-refractivity contribution in [1.29, 1.82) is 0 Å². The molecule has 2 aromatic carbocycles. The van der Waals surface area contributed by atoms with Gasteiger partial charge in [0.15, 0.2) is 5.76 Å². The first-order chi connectivity index (χ1) is 16.5. The van der Waals surface area contributed by atoms with Crippen LogP contribution in [0.15, 0.2) is 52.9 Å². The summed E-state index contributed by atoms with van der Waals surface area (Å²) in [5.41, 5.74) is 3.00. The molecule has 2 bridgehead atoms. The van der Waals surface area contributed by atoms with Gasteiger partial charge in [-0.15, -0.1) is 0 Å². The molecule has 6 rings (SSSR count).